The van der Waals surface area contributed by atoms with Crippen LogP contribution in [0.1, 0.15) is 23.3 Å². The van der Waals surface area contributed by atoms with Gasteiger partial charge in [0.2, 0.25) is 0 Å². The van der Waals surface area contributed by atoms with Crippen LogP contribution < -0.4 is 0 Å². The zero-order chi connectivity index (χ0) is 16.4. The van der Waals surface area contributed by atoms with Crippen molar-refractivity contribution in [3.8, 4) is 0 Å². The number of halogens is 2. The summed E-state index contributed by atoms with van der Waals surface area (Å²) in [5.41, 5.74) is 1.43. The number of ether oxygens (including phenoxy) is 1. The first-order valence-electron chi connectivity index (χ1n) is 7.12. The average molecular weight is 356 g/mol. The Hall–Kier alpha value is -1.47. The molecule has 0 spiro atoms. The highest BCUT2D eigenvalue weighted by Crippen LogP contribution is 2.33. The van der Waals surface area contributed by atoms with Crippen molar-refractivity contribution in [3.05, 3.63) is 57.0 Å². The van der Waals surface area contributed by atoms with Gasteiger partial charge in [-0.25, -0.2) is 4.39 Å². The van der Waals surface area contributed by atoms with Gasteiger partial charge in [0.05, 0.1) is 12.7 Å². The first kappa shape index (κ1) is 16.4. The van der Waals surface area contributed by atoms with Gasteiger partial charge < -0.3 is 9.84 Å². The lowest BCUT2D eigenvalue weighted by molar-refractivity contribution is -0.147. The second-order valence-electron chi connectivity index (χ2n) is 5.32. The molecular formula is C16H15ClFNO3S. The van der Waals surface area contributed by atoms with E-state index in [0.29, 0.717) is 25.3 Å². The maximum absolute atomic E-state index is 13.2. The lowest BCUT2D eigenvalue weighted by atomic mass is 10.0. The van der Waals surface area contributed by atoms with Crippen LogP contribution in [0.4, 0.5) is 4.39 Å². The Morgan fingerprint density at radius 1 is 1.48 bits per heavy atom. The number of rotatable bonds is 4. The van der Waals surface area contributed by atoms with E-state index in [1.165, 1.54) is 12.1 Å². The summed E-state index contributed by atoms with van der Waals surface area (Å²) in [6, 6.07) is 4.86. The molecule has 4 nitrogen and oxygen atoms in total. The summed E-state index contributed by atoms with van der Waals surface area (Å²) in [5.74, 6) is -1.49. The molecule has 1 aromatic heterocycles. The summed E-state index contributed by atoms with van der Waals surface area (Å²) < 4.78 is 19.0. The van der Waals surface area contributed by atoms with Gasteiger partial charge >= 0.3 is 5.97 Å². The van der Waals surface area contributed by atoms with Gasteiger partial charge in [0.15, 0.2) is 0 Å². The predicted molar refractivity (Wildman–Crippen MR) is 86.4 cm³/mol. The minimum absolute atomic E-state index is 0.121. The van der Waals surface area contributed by atoms with Gasteiger partial charge in [-0.2, -0.15) is 11.3 Å². The Labute approximate surface area is 142 Å². The minimum atomic E-state index is -1.01. The number of morpholine rings is 1. The fourth-order valence-electron chi connectivity index (χ4n) is 2.77. The zero-order valence-electron chi connectivity index (χ0n) is 12.1. The van der Waals surface area contributed by atoms with Gasteiger partial charge in [-0.3, -0.25) is 9.69 Å². The van der Waals surface area contributed by atoms with Crippen LogP contribution in [-0.4, -0.2) is 35.7 Å². The van der Waals surface area contributed by atoms with Crippen LogP contribution in [0, 0.1) is 5.82 Å². The van der Waals surface area contributed by atoms with Gasteiger partial charge in [-0.05, 0) is 40.1 Å². The van der Waals surface area contributed by atoms with Crippen LogP contribution in [0.2, 0.25) is 5.02 Å². The Kier molecular flexibility index (Phi) is 4.96. The fourth-order valence-corrected chi connectivity index (χ4v) is 3.75. The largest absolute Gasteiger partial charge is 0.480 e. The molecule has 1 aliphatic rings. The van der Waals surface area contributed by atoms with Crippen molar-refractivity contribution in [1.82, 2.24) is 4.90 Å². The highest BCUT2D eigenvalue weighted by molar-refractivity contribution is 7.07. The van der Waals surface area contributed by atoms with E-state index >= 15 is 0 Å². The summed E-state index contributed by atoms with van der Waals surface area (Å²) in [6.45, 7) is 1.36. The molecule has 1 aromatic carbocycles. The predicted octanol–water partition coefficient (Wildman–Crippen LogP) is 3.74. The molecular weight excluding hydrogens is 341 g/mol. The summed E-state index contributed by atoms with van der Waals surface area (Å²) in [6.07, 6.45) is -0.170. The Morgan fingerprint density at radius 3 is 2.96 bits per heavy atom. The number of thiophene rings is 1. The number of carboxylic acids is 1. The lowest BCUT2D eigenvalue weighted by Gasteiger charge is -2.36. The number of hydrogen-bond acceptors (Lipinski definition) is 4. The number of carbonyl (C=O) groups is 1. The van der Waals surface area contributed by atoms with Gasteiger partial charge in [0.1, 0.15) is 11.9 Å². The molecule has 1 fully saturated rings. The van der Waals surface area contributed by atoms with Crippen molar-refractivity contribution in [1.29, 1.82) is 0 Å². The van der Waals surface area contributed by atoms with E-state index in [-0.39, 0.29) is 11.1 Å². The molecule has 2 aromatic rings. The first-order valence-corrected chi connectivity index (χ1v) is 8.44. The first-order chi connectivity index (χ1) is 11.1. The monoisotopic (exact) mass is 355 g/mol. The molecule has 122 valence electrons. The van der Waals surface area contributed by atoms with Crippen molar-refractivity contribution in [2.75, 3.05) is 19.7 Å². The number of aliphatic carboxylic acids is 1. The van der Waals surface area contributed by atoms with E-state index in [1.807, 2.05) is 21.7 Å². The highest BCUT2D eigenvalue weighted by Gasteiger charge is 2.34. The molecule has 7 heteroatoms. The van der Waals surface area contributed by atoms with Crippen molar-refractivity contribution in [3.63, 3.8) is 0 Å². The van der Waals surface area contributed by atoms with Crippen LogP contribution in [0.25, 0.3) is 0 Å². The Morgan fingerprint density at radius 2 is 2.30 bits per heavy atom. The average Bonchev–Trinajstić information content (AvgIpc) is 3.04. The third kappa shape index (κ3) is 3.55. The van der Waals surface area contributed by atoms with Crippen LogP contribution in [0.15, 0.2) is 35.0 Å². The fraction of sp³-hybridized carbons (Fsp3) is 0.312. The molecule has 2 unspecified atom stereocenters. The summed E-state index contributed by atoms with van der Waals surface area (Å²) in [4.78, 5) is 13.6. The molecule has 1 N–H and O–H groups in total. The smallest absolute Gasteiger partial charge is 0.325 e. The molecule has 0 bridgehead atoms. The van der Waals surface area contributed by atoms with Gasteiger partial charge in [0, 0.05) is 18.1 Å². The van der Waals surface area contributed by atoms with E-state index in [1.54, 1.807) is 11.3 Å². The zero-order valence-corrected chi connectivity index (χ0v) is 13.7. The van der Waals surface area contributed by atoms with Crippen LogP contribution in [0.3, 0.4) is 0 Å². The molecule has 0 radical (unpaired) electrons. The maximum atomic E-state index is 13.2. The summed E-state index contributed by atoms with van der Waals surface area (Å²) >= 11 is 7.64. The van der Waals surface area contributed by atoms with E-state index in [2.05, 4.69) is 0 Å². The maximum Gasteiger partial charge on any atom is 0.325 e. The molecule has 23 heavy (non-hydrogen) atoms. The number of hydrogen-bond donors (Lipinski definition) is 1. The van der Waals surface area contributed by atoms with Gasteiger partial charge in [-0.15, -0.1) is 0 Å². The van der Waals surface area contributed by atoms with Crippen molar-refractivity contribution in [2.24, 2.45) is 0 Å². The molecule has 0 saturated carbocycles. The minimum Gasteiger partial charge on any atom is -0.480 e. The molecule has 2 heterocycles. The van der Waals surface area contributed by atoms with Crippen LogP contribution in [-0.2, 0) is 9.53 Å². The highest BCUT2D eigenvalue weighted by atomic mass is 35.5. The third-order valence-corrected chi connectivity index (χ3v) is 4.90. The molecule has 3 rings (SSSR count). The second kappa shape index (κ2) is 6.97. The van der Waals surface area contributed by atoms with E-state index in [9.17, 15) is 14.3 Å². The second-order valence-corrected chi connectivity index (χ2v) is 6.50. The van der Waals surface area contributed by atoms with E-state index < -0.39 is 17.8 Å². The van der Waals surface area contributed by atoms with Gasteiger partial charge in [0.25, 0.3) is 0 Å². The lowest BCUT2D eigenvalue weighted by Crippen LogP contribution is -2.43. The Balaban J connectivity index is 1.87. The van der Waals surface area contributed by atoms with Crippen molar-refractivity contribution < 1.29 is 19.0 Å². The van der Waals surface area contributed by atoms with Crippen molar-refractivity contribution >= 4 is 28.9 Å². The number of benzene rings is 1. The number of carboxylic acid groups (broad SMARTS) is 1. The summed E-state index contributed by atoms with van der Waals surface area (Å²) in [7, 11) is 0. The summed E-state index contributed by atoms with van der Waals surface area (Å²) in [5, 5.41) is 13.7. The SMILES string of the molecule is O=C(O)C(c1ccc(F)cc1Cl)N1CCOC(c2ccsc2)C1. The van der Waals surface area contributed by atoms with Crippen LogP contribution in [0.5, 0.6) is 0 Å². The number of nitrogens with zero attached hydrogens (tertiary/aromatic N) is 1. The topological polar surface area (TPSA) is 49.8 Å². The van der Waals surface area contributed by atoms with E-state index in [0.717, 1.165) is 11.6 Å². The molecule has 0 aliphatic carbocycles. The molecule has 1 aliphatic heterocycles. The van der Waals surface area contributed by atoms with Crippen molar-refractivity contribution in [2.45, 2.75) is 12.1 Å². The quantitative estimate of drug-likeness (QED) is 0.907. The van der Waals surface area contributed by atoms with Gasteiger partial charge in [-0.1, -0.05) is 17.7 Å². The molecule has 0 amide bonds. The third-order valence-electron chi connectivity index (χ3n) is 3.87. The van der Waals surface area contributed by atoms with Crippen LogP contribution >= 0.6 is 22.9 Å². The molecule has 1 saturated heterocycles. The molecule has 2 atom stereocenters. The van der Waals surface area contributed by atoms with E-state index in [4.69, 9.17) is 16.3 Å². The standard InChI is InChI=1S/C16H15ClFNO3S/c17-13-7-11(18)1-2-12(13)15(16(20)21)19-4-5-22-14(8-19)10-3-6-23-9-10/h1-3,6-7,9,14-15H,4-5,8H2,(H,20,21). The Bertz CT molecular complexity index is 695. The normalized spacial score (nSPS) is 20.3.